The van der Waals surface area contributed by atoms with Gasteiger partial charge >= 0.3 is 0 Å². The molecular formula is C7H17F2N3. The molecule has 0 saturated carbocycles. The van der Waals surface area contributed by atoms with Crippen LogP contribution in [0.1, 0.15) is 19.3 Å². The summed E-state index contributed by atoms with van der Waals surface area (Å²) < 4.78 is 25.8. The lowest BCUT2D eigenvalue weighted by molar-refractivity contribution is -0.0331. The van der Waals surface area contributed by atoms with Crippen LogP contribution in [-0.2, 0) is 0 Å². The van der Waals surface area contributed by atoms with E-state index in [2.05, 4.69) is 0 Å². The fourth-order valence-electron chi connectivity index (χ4n) is 0.927. The van der Waals surface area contributed by atoms with E-state index in [-0.39, 0.29) is 19.4 Å². The van der Waals surface area contributed by atoms with Gasteiger partial charge in [0.15, 0.2) is 0 Å². The summed E-state index contributed by atoms with van der Waals surface area (Å²) in [5, 5.41) is 0. The lowest BCUT2D eigenvalue weighted by Crippen LogP contribution is -2.42. The Bertz CT molecular complexity index is 119. The van der Waals surface area contributed by atoms with E-state index < -0.39 is 12.0 Å². The van der Waals surface area contributed by atoms with Crippen LogP contribution in [0, 0.1) is 0 Å². The van der Waals surface area contributed by atoms with Crippen LogP contribution >= 0.6 is 0 Å². The molecule has 3 nitrogen and oxygen atoms in total. The van der Waals surface area contributed by atoms with Crippen LogP contribution < -0.4 is 17.2 Å². The Hall–Kier alpha value is -0.260. The van der Waals surface area contributed by atoms with Crippen molar-refractivity contribution in [3.05, 3.63) is 0 Å². The number of halogens is 2. The van der Waals surface area contributed by atoms with Gasteiger partial charge < -0.3 is 17.2 Å². The summed E-state index contributed by atoms with van der Waals surface area (Å²) in [5.74, 6) is -2.84. The van der Waals surface area contributed by atoms with Crippen LogP contribution in [0.4, 0.5) is 8.78 Å². The molecule has 0 aliphatic heterocycles. The Morgan fingerprint density at radius 3 is 2.17 bits per heavy atom. The molecule has 5 heteroatoms. The largest absolute Gasteiger partial charge is 0.330 e. The first-order valence-electron chi connectivity index (χ1n) is 4.08. The summed E-state index contributed by atoms with van der Waals surface area (Å²) in [6.45, 7) is 0.357. The van der Waals surface area contributed by atoms with Crippen LogP contribution in [0.25, 0.3) is 0 Å². The molecule has 12 heavy (non-hydrogen) atoms. The summed E-state index contributed by atoms with van der Waals surface area (Å²) in [6, 6.07) is -1.11. The molecule has 1 unspecified atom stereocenters. The van der Waals surface area contributed by atoms with Crippen LogP contribution in [0.2, 0.25) is 0 Å². The average molecular weight is 181 g/mol. The Labute approximate surface area is 71.3 Å². The van der Waals surface area contributed by atoms with Crippen LogP contribution in [0.3, 0.4) is 0 Å². The van der Waals surface area contributed by atoms with Gasteiger partial charge in [0.25, 0.3) is 5.92 Å². The first-order valence-corrected chi connectivity index (χ1v) is 4.08. The number of hydrogen-bond acceptors (Lipinski definition) is 3. The van der Waals surface area contributed by atoms with E-state index in [9.17, 15) is 8.78 Å². The summed E-state index contributed by atoms with van der Waals surface area (Å²) in [4.78, 5) is 0. The summed E-state index contributed by atoms with van der Waals surface area (Å²) >= 11 is 0. The van der Waals surface area contributed by atoms with E-state index in [1.807, 2.05) is 0 Å². The molecule has 6 N–H and O–H groups in total. The third-order valence-corrected chi connectivity index (χ3v) is 1.74. The van der Waals surface area contributed by atoms with Crippen molar-refractivity contribution >= 4 is 0 Å². The van der Waals surface area contributed by atoms with E-state index in [1.165, 1.54) is 0 Å². The van der Waals surface area contributed by atoms with Gasteiger partial charge in [0.2, 0.25) is 0 Å². The van der Waals surface area contributed by atoms with Crippen molar-refractivity contribution in [2.24, 2.45) is 17.2 Å². The highest BCUT2D eigenvalue weighted by atomic mass is 19.3. The second kappa shape index (κ2) is 5.40. The predicted molar refractivity (Wildman–Crippen MR) is 44.9 cm³/mol. The molecular weight excluding hydrogens is 164 g/mol. The van der Waals surface area contributed by atoms with E-state index in [1.54, 1.807) is 0 Å². The minimum atomic E-state index is -2.84. The molecule has 0 aromatic heterocycles. The van der Waals surface area contributed by atoms with Crippen molar-refractivity contribution in [2.75, 3.05) is 13.1 Å². The van der Waals surface area contributed by atoms with Crippen molar-refractivity contribution in [3.63, 3.8) is 0 Å². The molecule has 0 aliphatic rings. The van der Waals surface area contributed by atoms with E-state index in [0.717, 1.165) is 0 Å². The molecule has 0 aliphatic carbocycles. The molecule has 0 aromatic rings. The molecule has 0 saturated heterocycles. The summed E-state index contributed by atoms with van der Waals surface area (Å²) in [5.41, 5.74) is 15.5. The Morgan fingerprint density at radius 2 is 1.75 bits per heavy atom. The van der Waals surface area contributed by atoms with Crippen molar-refractivity contribution in [2.45, 2.75) is 31.2 Å². The number of rotatable bonds is 6. The highest BCUT2D eigenvalue weighted by molar-refractivity contribution is 4.80. The van der Waals surface area contributed by atoms with Gasteiger partial charge in [-0.05, 0) is 25.9 Å². The van der Waals surface area contributed by atoms with E-state index >= 15 is 0 Å². The number of nitrogens with two attached hydrogens (primary N) is 3. The first kappa shape index (κ1) is 11.7. The molecule has 74 valence electrons. The molecule has 0 aromatic carbocycles. The lowest BCUT2D eigenvalue weighted by Gasteiger charge is -2.22. The molecule has 0 fully saturated rings. The third kappa shape index (κ3) is 3.94. The molecule has 1 atom stereocenters. The summed E-state index contributed by atoms with van der Waals surface area (Å²) in [7, 11) is 0. The minimum Gasteiger partial charge on any atom is -0.330 e. The predicted octanol–water partition coefficient (Wildman–Crippen LogP) is 0.0367. The zero-order valence-electron chi connectivity index (χ0n) is 7.10. The minimum absolute atomic E-state index is 0.0384. The lowest BCUT2D eigenvalue weighted by atomic mass is 10.0. The summed E-state index contributed by atoms with van der Waals surface area (Å²) in [6.07, 6.45) is 0.434. The second-order valence-electron chi connectivity index (χ2n) is 2.84. The molecule has 0 spiro atoms. The highest BCUT2D eigenvalue weighted by Gasteiger charge is 2.35. The maximum Gasteiger partial charge on any atom is 0.264 e. The highest BCUT2D eigenvalue weighted by Crippen LogP contribution is 2.23. The van der Waals surface area contributed by atoms with Crippen LogP contribution in [-0.4, -0.2) is 25.1 Å². The second-order valence-corrected chi connectivity index (χ2v) is 2.84. The maximum absolute atomic E-state index is 12.9. The van der Waals surface area contributed by atoms with Gasteiger partial charge in [-0.15, -0.1) is 0 Å². The first-order chi connectivity index (χ1) is 5.54. The fourth-order valence-corrected chi connectivity index (χ4v) is 0.927. The van der Waals surface area contributed by atoms with Gasteiger partial charge in [-0.2, -0.15) is 0 Å². The van der Waals surface area contributed by atoms with Gasteiger partial charge in [0.05, 0.1) is 6.04 Å². The van der Waals surface area contributed by atoms with Crippen molar-refractivity contribution < 1.29 is 8.78 Å². The zero-order chi connectivity index (χ0) is 9.61. The van der Waals surface area contributed by atoms with Crippen molar-refractivity contribution in [1.29, 1.82) is 0 Å². The topological polar surface area (TPSA) is 78.1 Å². The molecule has 0 rings (SSSR count). The van der Waals surface area contributed by atoms with Crippen molar-refractivity contribution in [1.82, 2.24) is 0 Å². The Kier molecular flexibility index (Phi) is 5.28. The van der Waals surface area contributed by atoms with Crippen LogP contribution in [0.15, 0.2) is 0 Å². The standard InChI is InChI=1S/C7H17F2N3/c8-7(9,3-5-11)6(12)2-1-4-10/h6H,1-5,10-12H2. The van der Waals surface area contributed by atoms with E-state index in [0.29, 0.717) is 13.0 Å². The molecule has 0 radical (unpaired) electrons. The average Bonchev–Trinajstić information content (AvgIpc) is 2.00. The zero-order valence-corrected chi connectivity index (χ0v) is 7.10. The van der Waals surface area contributed by atoms with Gasteiger partial charge in [-0.25, -0.2) is 8.78 Å². The molecule has 0 heterocycles. The quantitative estimate of drug-likeness (QED) is 0.541. The molecule has 0 bridgehead atoms. The van der Waals surface area contributed by atoms with Gasteiger partial charge in [0, 0.05) is 6.42 Å². The normalized spacial score (nSPS) is 14.8. The molecule has 0 amide bonds. The van der Waals surface area contributed by atoms with Gasteiger partial charge in [0.1, 0.15) is 0 Å². The third-order valence-electron chi connectivity index (χ3n) is 1.74. The van der Waals surface area contributed by atoms with E-state index in [4.69, 9.17) is 17.2 Å². The smallest absolute Gasteiger partial charge is 0.264 e. The van der Waals surface area contributed by atoms with Crippen LogP contribution in [0.5, 0.6) is 0 Å². The number of hydrogen-bond donors (Lipinski definition) is 3. The van der Waals surface area contributed by atoms with Crippen molar-refractivity contribution in [3.8, 4) is 0 Å². The number of alkyl halides is 2. The van der Waals surface area contributed by atoms with Gasteiger partial charge in [-0.1, -0.05) is 0 Å². The Morgan fingerprint density at radius 1 is 1.17 bits per heavy atom. The SMILES string of the molecule is NCCCC(N)C(F)(F)CCN. The monoisotopic (exact) mass is 181 g/mol. The maximum atomic E-state index is 12.9. The van der Waals surface area contributed by atoms with Gasteiger partial charge in [-0.3, -0.25) is 0 Å². The Balaban J connectivity index is 3.79. The fraction of sp³-hybridized carbons (Fsp3) is 1.00.